The van der Waals surface area contributed by atoms with Crippen LogP contribution in [0.4, 0.5) is 11.4 Å². The molecule has 0 unspecified atom stereocenters. The number of hydrogen-bond donors (Lipinski definition) is 2. The number of carbonyl (C=O) groups excluding carboxylic acids is 3. The summed E-state index contributed by atoms with van der Waals surface area (Å²) in [6, 6.07) is 14.3. The van der Waals surface area contributed by atoms with Crippen molar-refractivity contribution < 1.29 is 14.4 Å². The first kappa shape index (κ1) is 18.8. The number of benzene rings is 2. The van der Waals surface area contributed by atoms with Crippen molar-refractivity contribution in [2.45, 2.75) is 39.5 Å². The summed E-state index contributed by atoms with van der Waals surface area (Å²) in [5, 5.41) is 5.74. The number of Topliss-reactive ketones (excluding diaryl/α,β-unsaturated/α-hetero) is 1. The van der Waals surface area contributed by atoms with E-state index in [0.717, 1.165) is 11.3 Å². The van der Waals surface area contributed by atoms with E-state index in [1.54, 1.807) is 24.3 Å². The Morgan fingerprint density at radius 3 is 2.04 bits per heavy atom. The molecule has 2 aromatic carbocycles. The Morgan fingerprint density at radius 2 is 1.48 bits per heavy atom. The Hall–Kier alpha value is -2.95. The van der Waals surface area contributed by atoms with Gasteiger partial charge in [0.2, 0.25) is 11.8 Å². The van der Waals surface area contributed by atoms with Crippen molar-refractivity contribution in [1.82, 2.24) is 0 Å². The molecule has 0 aliphatic heterocycles. The van der Waals surface area contributed by atoms with Gasteiger partial charge in [-0.2, -0.15) is 0 Å². The van der Waals surface area contributed by atoms with Crippen LogP contribution < -0.4 is 10.6 Å². The lowest BCUT2D eigenvalue weighted by molar-refractivity contribution is -0.131. The van der Waals surface area contributed by atoms with E-state index < -0.39 is 5.41 Å². The second-order valence-electron chi connectivity index (χ2n) is 7.37. The molecule has 140 valence electrons. The van der Waals surface area contributed by atoms with Crippen LogP contribution in [0.25, 0.3) is 0 Å². The van der Waals surface area contributed by atoms with Gasteiger partial charge in [0.05, 0.1) is 0 Å². The second kappa shape index (κ2) is 7.35. The van der Waals surface area contributed by atoms with Crippen molar-refractivity contribution in [3.8, 4) is 0 Å². The molecule has 2 amide bonds. The number of para-hydroxylation sites is 1. The van der Waals surface area contributed by atoms with Crippen LogP contribution in [0.15, 0.2) is 48.5 Å². The van der Waals surface area contributed by atoms with Crippen LogP contribution in [0.5, 0.6) is 0 Å². The zero-order chi connectivity index (χ0) is 19.6. The van der Waals surface area contributed by atoms with Gasteiger partial charge in [-0.15, -0.1) is 0 Å². The van der Waals surface area contributed by atoms with Gasteiger partial charge in [0, 0.05) is 16.9 Å². The molecule has 0 aromatic heterocycles. The molecule has 2 N–H and O–H groups in total. The van der Waals surface area contributed by atoms with E-state index >= 15 is 0 Å². The van der Waals surface area contributed by atoms with Crippen LogP contribution in [0.2, 0.25) is 0 Å². The van der Waals surface area contributed by atoms with Crippen LogP contribution in [-0.4, -0.2) is 17.6 Å². The van der Waals surface area contributed by atoms with Crippen molar-refractivity contribution in [2.75, 3.05) is 10.6 Å². The number of rotatable bonds is 6. The van der Waals surface area contributed by atoms with Gasteiger partial charge in [0.1, 0.15) is 5.41 Å². The van der Waals surface area contributed by atoms with Gasteiger partial charge in [-0.1, -0.05) is 32.0 Å². The normalized spacial score (nSPS) is 14.5. The summed E-state index contributed by atoms with van der Waals surface area (Å²) in [5.74, 6) is -0.342. The molecule has 1 fully saturated rings. The summed E-state index contributed by atoms with van der Waals surface area (Å²) >= 11 is 0. The van der Waals surface area contributed by atoms with Gasteiger partial charge >= 0.3 is 0 Å². The van der Waals surface area contributed by atoms with E-state index in [0.29, 0.717) is 24.1 Å². The molecule has 0 radical (unpaired) electrons. The zero-order valence-corrected chi connectivity index (χ0v) is 15.8. The molecule has 0 heterocycles. The summed E-state index contributed by atoms with van der Waals surface area (Å²) in [4.78, 5) is 36.9. The number of anilines is 2. The quantitative estimate of drug-likeness (QED) is 0.590. The van der Waals surface area contributed by atoms with Crippen LogP contribution in [-0.2, 0) is 9.59 Å². The molecule has 0 bridgehead atoms. The minimum Gasteiger partial charge on any atom is -0.325 e. The monoisotopic (exact) mass is 364 g/mol. The summed E-state index contributed by atoms with van der Waals surface area (Å²) in [5.41, 5.74) is 1.93. The third-order valence-corrected chi connectivity index (χ3v) is 5.00. The highest BCUT2D eigenvalue weighted by atomic mass is 16.2. The molecule has 3 rings (SSSR count). The Balaban J connectivity index is 1.71. The Labute approximate surface area is 159 Å². The molecule has 1 aliphatic rings. The fraction of sp³-hybridized carbons (Fsp3) is 0.318. The van der Waals surface area contributed by atoms with E-state index in [2.05, 4.69) is 24.5 Å². The Morgan fingerprint density at radius 1 is 0.889 bits per heavy atom. The van der Waals surface area contributed by atoms with E-state index in [1.165, 1.54) is 6.92 Å². The third kappa shape index (κ3) is 3.92. The first-order valence-electron chi connectivity index (χ1n) is 9.16. The van der Waals surface area contributed by atoms with Crippen LogP contribution in [0, 0.1) is 5.41 Å². The molecule has 0 saturated heterocycles. The van der Waals surface area contributed by atoms with Gasteiger partial charge in [-0.05, 0) is 61.6 Å². The largest absolute Gasteiger partial charge is 0.325 e. The van der Waals surface area contributed by atoms with E-state index in [4.69, 9.17) is 0 Å². The lowest BCUT2D eigenvalue weighted by atomic mass is 9.99. The van der Waals surface area contributed by atoms with E-state index in [1.807, 2.05) is 24.3 Å². The molecule has 1 aliphatic carbocycles. The molecule has 5 nitrogen and oxygen atoms in total. The van der Waals surface area contributed by atoms with Crippen molar-refractivity contribution in [1.29, 1.82) is 0 Å². The van der Waals surface area contributed by atoms with Gasteiger partial charge in [-0.3, -0.25) is 14.4 Å². The molecular weight excluding hydrogens is 340 g/mol. The van der Waals surface area contributed by atoms with Crippen molar-refractivity contribution in [2.24, 2.45) is 5.41 Å². The van der Waals surface area contributed by atoms with Gasteiger partial charge < -0.3 is 10.6 Å². The summed E-state index contributed by atoms with van der Waals surface area (Å²) in [7, 11) is 0. The molecule has 0 atom stereocenters. The summed E-state index contributed by atoms with van der Waals surface area (Å²) < 4.78 is 0. The van der Waals surface area contributed by atoms with E-state index in [9.17, 15) is 14.4 Å². The van der Waals surface area contributed by atoms with Crippen molar-refractivity contribution in [3.63, 3.8) is 0 Å². The number of hydrogen-bond acceptors (Lipinski definition) is 3. The third-order valence-electron chi connectivity index (χ3n) is 5.00. The Kier molecular flexibility index (Phi) is 5.13. The minimum absolute atomic E-state index is 0.0327. The Bertz CT molecular complexity index is 881. The van der Waals surface area contributed by atoms with Crippen LogP contribution in [0.1, 0.15) is 55.5 Å². The summed E-state index contributed by atoms with van der Waals surface area (Å²) in [6.45, 7) is 5.62. The average molecular weight is 364 g/mol. The fourth-order valence-corrected chi connectivity index (χ4v) is 3.08. The first-order chi connectivity index (χ1) is 12.8. The number of carbonyl (C=O) groups is 3. The predicted molar refractivity (Wildman–Crippen MR) is 106 cm³/mol. The maximum Gasteiger partial charge on any atom is 0.240 e. The van der Waals surface area contributed by atoms with Gasteiger partial charge in [0.15, 0.2) is 5.78 Å². The van der Waals surface area contributed by atoms with Gasteiger partial charge in [0.25, 0.3) is 0 Å². The molecular formula is C22H24N2O3. The smallest absolute Gasteiger partial charge is 0.240 e. The molecule has 0 spiro atoms. The minimum atomic E-state index is -1.02. The molecule has 27 heavy (non-hydrogen) atoms. The maximum absolute atomic E-state index is 12.8. The SMILES string of the molecule is CC(=O)c1ccc(NC(=O)C2(C(=O)Nc3ccccc3C(C)C)CC2)cc1. The molecule has 5 heteroatoms. The lowest BCUT2D eigenvalue weighted by Crippen LogP contribution is -2.35. The molecule has 1 saturated carbocycles. The highest BCUT2D eigenvalue weighted by Crippen LogP contribution is 2.47. The van der Waals surface area contributed by atoms with Crippen LogP contribution in [0.3, 0.4) is 0 Å². The maximum atomic E-state index is 12.8. The van der Waals surface area contributed by atoms with Gasteiger partial charge in [-0.25, -0.2) is 0 Å². The predicted octanol–water partition coefficient (Wildman–Crippen LogP) is 4.37. The second-order valence-corrected chi connectivity index (χ2v) is 7.37. The average Bonchev–Trinajstić information content (AvgIpc) is 3.44. The van der Waals surface area contributed by atoms with Crippen molar-refractivity contribution >= 4 is 29.0 Å². The standard InChI is InChI=1S/C22H24N2O3/c1-14(2)18-6-4-5-7-19(18)24-21(27)22(12-13-22)20(26)23-17-10-8-16(9-11-17)15(3)25/h4-11,14H,12-13H2,1-3H3,(H,23,26)(H,24,27). The zero-order valence-electron chi connectivity index (χ0n) is 15.8. The van der Waals surface area contributed by atoms with E-state index in [-0.39, 0.29) is 23.5 Å². The molecule has 2 aromatic rings. The number of amides is 2. The lowest BCUT2D eigenvalue weighted by Gasteiger charge is -2.18. The number of nitrogens with one attached hydrogen (secondary N) is 2. The highest BCUT2D eigenvalue weighted by Gasteiger charge is 2.56. The number of ketones is 1. The summed E-state index contributed by atoms with van der Waals surface area (Å²) in [6.07, 6.45) is 1.06. The highest BCUT2D eigenvalue weighted by molar-refractivity contribution is 6.17. The fourth-order valence-electron chi connectivity index (χ4n) is 3.08. The first-order valence-corrected chi connectivity index (χ1v) is 9.16. The van der Waals surface area contributed by atoms with Crippen molar-refractivity contribution in [3.05, 3.63) is 59.7 Å². The van der Waals surface area contributed by atoms with Crippen LogP contribution >= 0.6 is 0 Å². The topological polar surface area (TPSA) is 75.3 Å².